The van der Waals surface area contributed by atoms with Gasteiger partial charge in [0.05, 0.1) is 11.5 Å². The molecule has 22 heavy (non-hydrogen) atoms. The molecule has 0 aliphatic carbocycles. The molecule has 0 radical (unpaired) electrons. The van der Waals surface area contributed by atoms with Crippen LogP contribution < -0.4 is 5.32 Å². The molecule has 1 aromatic rings. The molecule has 7 heteroatoms. The average molecular weight is 405 g/mol. The van der Waals surface area contributed by atoms with Crippen molar-refractivity contribution in [3.8, 4) is 0 Å². The van der Waals surface area contributed by atoms with Gasteiger partial charge in [0.2, 0.25) is 0 Å². The van der Waals surface area contributed by atoms with Gasteiger partial charge >= 0.3 is 0 Å². The van der Waals surface area contributed by atoms with Crippen molar-refractivity contribution in [3.05, 3.63) is 28.7 Å². The standard InChI is InChI=1S/C15H21BrN2O2S2/c1-2-3-8-18(14-7-9-22(19,20)11-14)15(21)17-13-6-4-5-12(16)10-13/h4-6,10,14H,2-3,7-9,11H2,1H3,(H,17,21)/t14-/m0/s1. The summed E-state index contributed by atoms with van der Waals surface area (Å²) in [7, 11) is -2.92. The second kappa shape index (κ2) is 7.75. The van der Waals surface area contributed by atoms with Crippen molar-refractivity contribution in [1.29, 1.82) is 0 Å². The number of thiocarbonyl (C=S) groups is 1. The molecule has 4 nitrogen and oxygen atoms in total. The number of halogens is 1. The summed E-state index contributed by atoms with van der Waals surface area (Å²) in [5.41, 5.74) is 0.904. The molecular formula is C15H21BrN2O2S2. The summed E-state index contributed by atoms with van der Waals surface area (Å²) in [6.07, 6.45) is 2.71. The Morgan fingerprint density at radius 2 is 2.27 bits per heavy atom. The van der Waals surface area contributed by atoms with Crippen LogP contribution in [-0.4, -0.2) is 42.5 Å². The van der Waals surface area contributed by atoms with Crippen LogP contribution in [-0.2, 0) is 9.84 Å². The molecule has 0 bridgehead atoms. The summed E-state index contributed by atoms with van der Waals surface area (Å²) in [5, 5.41) is 3.83. The highest BCUT2D eigenvalue weighted by molar-refractivity contribution is 9.10. The molecule has 0 amide bonds. The largest absolute Gasteiger partial charge is 0.345 e. The van der Waals surface area contributed by atoms with Gasteiger partial charge in [-0.1, -0.05) is 35.3 Å². The van der Waals surface area contributed by atoms with Crippen molar-refractivity contribution in [2.75, 3.05) is 23.4 Å². The van der Waals surface area contributed by atoms with Crippen molar-refractivity contribution in [2.45, 2.75) is 32.2 Å². The Kier molecular flexibility index (Phi) is 6.23. The molecule has 1 aliphatic heterocycles. The van der Waals surface area contributed by atoms with Gasteiger partial charge in [-0.3, -0.25) is 0 Å². The molecule has 1 heterocycles. The van der Waals surface area contributed by atoms with Crippen molar-refractivity contribution >= 4 is 48.8 Å². The smallest absolute Gasteiger partial charge is 0.173 e. The van der Waals surface area contributed by atoms with Gasteiger partial charge in [0.1, 0.15) is 0 Å². The quantitative estimate of drug-likeness (QED) is 0.761. The van der Waals surface area contributed by atoms with Gasteiger partial charge in [-0.2, -0.15) is 0 Å². The Hall–Kier alpha value is -0.660. The number of anilines is 1. The average Bonchev–Trinajstić information content (AvgIpc) is 2.79. The summed E-state index contributed by atoms with van der Waals surface area (Å²) in [4.78, 5) is 2.05. The second-order valence-corrected chi connectivity index (χ2v) is 9.08. The normalized spacial score (nSPS) is 19.8. The van der Waals surface area contributed by atoms with E-state index in [9.17, 15) is 8.42 Å². The molecule has 1 fully saturated rings. The van der Waals surface area contributed by atoms with Gasteiger partial charge in [0, 0.05) is 22.7 Å². The Morgan fingerprint density at radius 1 is 1.50 bits per heavy atom. The molecule has 2 rings (SSSR count). The van der Waals surface area contributed by atoms with Crippen molar-refractivity contribution in [2.24, 2.45) is 0 Å². The predicted molar refractivity (Wildman–Crippen MR) is 99.0 cm³/mol. The maximum Gasteiger partial charge on any atom is 0.173 e. The molecule has 122 valence electrons. The van der Waals surface area contributed by atoms with Gasteiger partial charge < -0.3 is 10.2 Å². The molecule has 0 aromatic heterocycles. The third kappa shape index (κ3) is 4.93. The highest BCUT2D eigenvalue weighted by atomic mass is 79.9. The summed E-state index contributed by atoms with van der Waals surface area (Å²) in [6, 6.07) is 7.78. The summed E-state index contributed by atoms with van der Waals surface area (Å²) in [6.45, 7) is 2.91. The first-order valence-electron chi connectivity index (χ1n) is 7.45. The first kappa shape index (κ1) is 17.7. The Bertz CT molecular complexity index is 634. The van der Waals surface area contributed by atoms with Gasteiger partial charge in [-0.15, -0.1) is 0 Å². The van der Waals surface area contributed by atoms with E-state index < -0.39 is 9.84 Å². The van der Waals surface area contributed by atoms with E-state index in [1.165, 1.54) is 0 Å². The van der Waals surface area contributed by atoms with Gasteiger partial charge in [-0.25, -0.2) is 8.42 Å². The minimum atomic E-state index is -2.92. The Labute approximate surface area is 146 Å². The first-order valence-corrected chi connectivity index (χ1v) is 10.5. The topological polar surface area (TPSA) is 49.4 Å². The van der Waals surface area contributed by atoms with Crippen LogP contribution in [0.5, 0.6) is 0 Å². The predicted octanol–water partition coefficient (Wildman–Crippen LogP) is 3.44. The molecule has 1 atom stereocenters. The fourth-order valence-electron chi connectivity index (χ4n) is 2.56. The van der Waals surface area contributed by atoms with E-state index in [0.29, 0.717) is 11.5 Å². The molecule has 0 unspecified atom stereocenters. The van der Waals surface area contributed by atoms with Gasteiger partial charge in [-0.05, 0) is 43.3 Å². The van der Waals surface area contributed by atoms with Crippen LogP contribution in [0.3, 0.4) is 0 Å². The molecule has 1 aliphatic rings. The zero-order chi connectivity index (χ0) is 16.2. The molecule has 1 aromatic carbocycles. The second-order valence-electron chi connectivity index (χ2n) is 5.54. The van der Waals surface area contributed by atoms with Crippen LogP contribution in [0.4, 0.5) is 5.69 Å². The monoisotopic (exact) mass is 404 g/mol. The lowest BCUT2D eigenvalue weighted by Gasteiger charge is -2.31. The minimum absolute atomic E-state index is 0.0105. The molecule has 1 N–H and O–H groups in total. The molecule has 0 spiro atoms. The van der Waals surface area contributed by atoms with E-state index >= 15 is 0 Å². The van der Waals surface area contributed by atoms with Crippen LogP contribution in [0.2, 0.25) is 0 Å². The summed E-state index contributed by atoms with van der Waals surface area (Å²) in [5.74, 6) is 0.469. The van der Waals surface area contributed by atoms with Crippen molar-refractivity contribution < 1.29 is 8.42 Å². The molecule has 1 saturated heterocycles. The zero-order valence-corrected chi connectivity index (χ0v) is 15.8. The van der Waals surface area contributed by atoms with Crippen molar-refractivity contribution in [1.82, 2.24) is 4.90 Å². The number of hydrogen-bond acceptors (Lipinski definition) is 3. The number of rotatable bonds is 5. The molecule has 0 saturated carbocycles. The van der Waals surface area contributed by atoms with E-state index in [0.717, 1.165) is 29.5 Å². The maximum absolute atomic E-state index is 11.7. The van der Waals surface area contributed by atoms with Crippen molar-refractivity contribution in [3.63, 3.8) is 0 Å². The molecular weight excluding hydrogens is 384 g/mol. The fourth-order valence-corrected chi connectivity index (χ4v) is 5.05. The number of nitrogens with one attached hydrogen (secondary N) is 1. The van der Waals surface area contributed by atoms with Gasteiger partial charge in [0.15, 0.2) is 14.9 Å². The summed E-state index contributed by atoms with van der Waals surface area (Å²) >= 11 is 8.97. The lowest BCUT2D eigenvalue weighted by Crippen LogP contribution is -2.44. The number of benzene rings is 1. The Morgan fingerprint density at radius 3 is 2.86 bits per heavy atom. The van der Waals surface area contributed by atoms with E-state index in [1.54, 1.807) is 0 Å². The van der Waals surface area contributed by atoms with Crippen LogP contribution >= 0.6 is 28.1 Å². The first-order chi connectivity index (χ1) is 10.4. The van der Waals surface area contributed by atoms with E-state index in [4.69, 9.17) is 12.2 Å². The number of unbranched alkanes of at least 4 members (excludes halogenated alkanes) is 1. The zero-order valence-electron chi connectivity index (χ0n) is 12.6. The maximum atomic E-state index is 11.7. The highest BCUT2D eigenvalue weighted by Crippen LogP contribution is 2.21. The van der Waals surface area contributed by atoms with Crippen LogP contribution in [0.25, 0.3) is 0 Å². The summed E-state index contributed by atoms with van der Waals surface area (Å²) < 4.78 is 24.5. The number of sulfone groups is 1. The fraction of sp³-hybridized carbons (Fsp3) is 0.533. The highest BCUT2D eigenvalue weighted by Gasteiger charge is 2.33. The van der Waals surface area contributed by atoms with Gasteiger partial charge in [0.25, 0.3) is 0 Å². The van der Waals surface area contributed by atoms with Crippen LogP contribution in [0.1, 0.15) is 26.2 Å². The minimum Gasteiger partial charge on any atom is -0.345 e. The third-order valence-electron chi connectivity index (χ3n) is 3.74. The van der Waals surface area contributed by atoms with Crippen LogP contribution in [0.15, 0.2) is 28.7 Å². The van der Waals surface area contributed by atoms with E-state index in [2.05, 4.69) is 28.2 Å². The SMILES string of the molecule is CCCCN(C(=S)Nc1cccc(Br)c1)[C@H]1CCS(=O)(=O)C1. The Balaban J connectivity index is 2.09. The lowest BCUT2D eigenvalue weighted by molar-refractivity contribution is 0.333. The van der Waals surface area contributed by atoms with E-state index in [-0.39, 0.29) is 17.5 Å². The number of nitrogens with zero attached hydrogens (tertiary/aromatic N) is 1. The van der Waals surface area contributed by atoms with E-state index in [1.807, 2.05) is 29.2 Å². The number of hydrogen-bond donors (Lipinski definition) is 1. The lowest BCUT2D eigenvalue weighted by atomic mass is 10.2. The van der Waals surface area contributed by atoms with Crippen LogP contribution in [0, 0.1) is 0 Å². The third-order valence-corrected chi connectivity index (χ3v) is 6.32.